The highest BCUT2D eigenvalue weighted by Gasteiger charge is 2.41. The number of nitrogens with zero attached hydrogens (tertiary/aromatic N) is 2. The standard InChI is InChI=1S/C32H22N2O8/c1-41-31(39)17-10-11-19-23(16-17)28(36)26(27(19)35)25-13-12-18-22(8-4-9-24(18)33-25)32(40)42-15-5-14-34-29(37)20-6-2-3-7-21(20)30(34)38/h2-4,6-13,16,26H,5,14-15H2,1H3. The fourth-order valence-electron chi connectivity index (χ4n) is 5.32. The van der Waals surface area contributed by atoms with Crippen molar-refractivity contribution in [3.63, 3.8) is 0 Å². The Morgan fingerprint density at radius 3 is 2.21 bits per heavy atom. The van der Waals surface area contributed by atoms with E-state index < -0.39 is 29.4 Å². The third kappa shape index (κ3) is 4.33. The average Bonchev–Trinajstić information content (AvgIpc) is 3.41. The number of pyridine rings is 1. The molecule has 3 aromatic carbocycles. The summed E-state index contributed by atoms with van der Waals surface area (Å²) in [7, 11) is 1.23. The van der Waals surface area contributed by atoms with E-state index in [1.54, 1.807) is 48.5 Å². The van der Waals surface area contributed by atoms with E-state index in [4.69, 9.17) is 9.47 Å². The van der Waals surface area contributed by atoms with Gasteiger partial charge in [0.1, 0.15) is 5.92 Å². The zero-order valence-corrected chi connectivity index (χ0v) is 22.3. The molecule has 0 spiro atoms. The van der Waals surface area contributed by atoms with Crippen LogP contribution in [0.25, 0.3) is 10.9 Å². The summed E-state index contributed by atoms with van der Waals surface area (Å²) in [6.07, 6.45) is 0.258. The number of ketones is 2. The Hall–Kier alpha value is -5.51. The van der Waals surface area contributed by atoms with Gasteiger partial charge in [0.2, 0.25) is 0 Å². The highest BCUT2D eigenvalue weighted by Crippen LogP contribution is 2.35. The van der Waals surface area contributed by atoms with Crippen LogP contribution < -0.4 is 0 Å². The first-order valence-electron chi connectivity index (χ1n) is 13.1. The van der Waals surface area contributed by atoms with Gasteiger partial charge in [-0.2, -0.15) is 0 Å². The maximum absolute atomic E-state index is 13.2. The van der Waals surface area contributed by atoms with E-state index >= 15 is 0 Å². The second-order valence-electron chi connectivity index (χ2n) is 9.82. The number of rotatable bonds is 7. The molecule has 0 saturated carbocycles. The number of amides is 2. The Bertz CT molecular complexity index is 1830. The van der Waals surface area contributed by atoms with E-state index in [0.717, 1.165) is 4.90 Å². The zero-order chi connectivity index (χ0) is 29.5. The number of hydrogen-bond acceptors (Lipinski definition) is 9. The van der Waals surface area contributed by atoms with E-state index in [-0.39, 0.29) is 59.3 Å². The topological polar surface area (TPSA) is 137 Å². The molecule has 208 valence electrons. The number of methoxy groups -OCH3 is 1. The smallest absolute Gasteiger partial charge is 0.338 e. The fourth-order valence-corrected chi connectivity index (χ4v) is 5.32. The van der Waals surface area contributed by atoms with Gasteiger partial charge in [-0.15, -0.1) is 0 Å². The predicted octanol–water partition coefficient (Wildman–Crippen LogP) is 4.03. The molecule has 42 heavy (non-hydrogen) atoms. The summed E-state index contributed by atoms with van der Waals surface area (Å²) in [5, 5.41) is 0.468. The Morgan fingerprint density at radius 2 is 1.50 bits per heavy atom. The van der Waals surface area contributed by atoms with Gasteiger partial charge in [-0.25, -0.2) is 9.59 Å². The quantitative estimate of drug-likeness (QED) is 0.141. The van der Waals surface area contributed by atoms with Crippen molar-refractivity contribution in [3.05, 3.63) is 112 Å². The van der Waals surface area contributed by atoms with Gasteiger partial charge in [0.05, 0.1) is 47.2 Å². The number of aromatic nitrogens is 1. The van der Waals surface area contributed by atoms with Gasteiger partial charge in [0.25, 0.3) is 11.8 Å². The molecule has 6 rings (SSSR count). The summed E-state index contributed by atoms with van der Waals surface area (Å²) in [6.45, 7) is 0.0814. The largest absolute Gasteiger partial charge is 0.465 e. The van der Waals surface area contributed by atoms with Crippen LogP contribution in [0.2, 0.25) is 0 Å². The van der Waals surface area contributed by atoms with Crippen molar-refractivity contribution in [1.82, 2.24) is 9.88 Å². The minimum atomic E-state index is -1.17. The lowest BCUT2D eigenvalue weighted by Gasteiger charge is -2.14. The molecule has 1 aromatic heterocycles. The Labute approximate surface area is 238 Å². The second-order valence-corrected chi connectivity index (χ2v) is 9.82. The number of benzene rings is 3. The maximum Gasteiger partial charge on any atom is 0.338 e. The molecule has 10 nitrogen and oxygen atoms in total. The van der Waals surface area contributed by atoms with Gasteiger partial charge in [0, 0.05) is 23.1 Å². The molecule has 0 bridgehead atoms. The summed E-state index contributed by atoms with van der Waals surface area (Å²) in [5.41, 5.74) is 2.07. The summed E-state index contributed by atoms with van der Waals surface area (Å²) in [5.74, 6) is -4.04. The van der Waals surface area contributed by atoms with E-state index in [1.165, 1.54) is 31.4 Å². The number of imide groups is 1. The van der Waals surface area contributed by atoms with Gasteiger partial charge in [-0.3, -0.25) is 29.1 Å². The van der Waals surface area contributed by atoms with Gasteiger partial charge in [-0.1, -0.05) is 24.3 Å². The number of Topliss-reactive ketones (excluding diaryl/α,β-unsaturated/α-hetero) is 2. The summed E-state index contributed by atoms with van der Waals surface area (Å²) in [4.78, 5) is 81.8. The molecule has 2 amide bonds. The third-order valence-corrected chi connectivity index (χ3v) is 7.40. The number of carbonyl (C=O) groups is 6. The van der Waals surface area contributed by atoms with Gasteiger partial charge < -0.3 is 9.47 Å². The molecule has 0 N–H and O–H groups in total. The molecule has 1 atom stereocenters. The lowest BCUT2D eigenvalue weighted by atomic mass is 9.97. The van der Waals surface area contributed by atoms with Gasteiger partial charge in [-0.05, 0) is 55.0 Å². The molecule has 1 unspecified atom stereocenters. The first kappa shape index (κ1) is 26.7. The van der Waals surface area contributed by atoms with Crippen LogP contribution in [0.3, 0.4) is 0 Å². The molecule has 0 saturated heterocycles. The van der Waals surface area contributed by atoms with Crippen molar-refractivity contribution in [1.29, 1.82) is 0 Å². The number of ether oxygens (including phenoxy) is 2. The maximum atomic E-state index is 13.2. The highest BCUT2D eigenvalue weighted by atomic mass is 16.5. The first-order valence-corrected chi connectivity index (χ1v) is 13.1. The molecule has 4 aromatic rings. The lowest BCUT2D eigenvalue weighted by molar-refractivity contribution is 0.0482. The van der Waals surface area contributed by atoms with E-state index in [9.17, 15) is 28.8 Å². The Morgan fingerprint density at radius 1 is 0.786 bits per heavy atom. The van der Waals surface area contributed by atoms with Crippen molar-refractivity contribution in [2.75, 3.05) is 20.3 Å². The van der Waals surface area contributed by atoms with Crippen LogP contribution in [0.4, 0.5) is 0 Å². The summed E-state index contributed by atoms with van der Waals surface area (Å²) >= 11 is 0. The average molecular weight is 563 g/mol. The molecular formula is C32H22N2O8. The molecule has 1 aliphatic carbocycles. The predicted molar refractivity (Wildman–Crippen MR) is 148 cm³/mol. The minimum Gasteiger partial charge on any atom is -0.465 e. The van der Waals surface area contributed by atoms with Crippen LogP contribution >= 0.6 is 0 Å². The van der Waals surface area contributed by atoms with Crippen LogP contribution in [0.15, 0.2) is 72.8 Å². The number of carbonyl (C=O) groups excluding carboxylic acids is 6. The Kier molecular flexibility index (Phi) is 6.66. The molecule has 2 heterocycles. The number of esters is 2. The third-order valence-electron chi connectivity index (χ3n) is 7.40. The van der Waals surface area contributed by atoms with E-state index in [1.807, 2.05) is 0 Å². The molecule has 0 fully saturated rings. The van der Waals surface area contributed by atoms with Crippen molar-refractivity contribution >= 4 is 46.2 Å². The van der Waals surface area contributed by atoms with Crippen molar-refractivity contribution in [2.45, 2.75) is 12.3 Å². The van der Waals surface area contributed by atoms with E-state index in [2.05, 4.69) is 4.98 Å². The van der Waals surface area contributed by atoms with Gasteiger partial charge >= 0.3 is 11.9 Å². The van der Waals surface area contributed by atoms with Crippen LogP contribution in [-0.4, -0.2) is 65.5 Å². The zero-order valence-electron chi connectivity index (χ0n) is 22.3. The highest BCUT2D eigenvalue weighted by molar-refractivity contribution is 6.30. The normalized spacial score (nSPS) is 15.6. The second kappa shape index (κ2) is 10.5. The van der Waals surface area contributed by atoms with Crippen LogP contribution in [0.5, 0.6) is 0 Å². The van der Waals surface area contributed by atoms with Crippen LogP contribution in [-0.2, 0) is 9.47 Å². The number of hydrogen-bond donors (Lipinski definition) is 0. The summed E-state index contributed by atoms with van der Waals surface area (Å²) < 4.78 is 10.1. The minimum absolute atomic E-state index is 0.0228. The first-order chi connectivity index (χ1) is 20.3. The van der Waals surface area contributed by atoms with Crippen molar-refractivity contribution in [2.24, 2.45) is 0 Å². The molecular weight excluding hydrogens is 540 g/mol. The molecule has 1 aliphatic heterocycles. The molecule has 10 heteroatoms. The summed E-state index contributed by atoms with van der Waals surface area (Å²) in [6, 6.07) is 18.8. The number of fused-ring (bicyclic) bond motifs is 3. The fraction of sp³-hybridized carbons (Fsp3) is 0.156. The van der Waals surface area contributed by atoms with Crippen molar-refractivity contribution in [3.8, 4) is 0 Å². The molecule has 2 aliphatic rings. The van der Waals surface area contributed by atoms with Crippen LogP contribution in [0.1, 0.15) is 80.2 Å². The monoisotopic (exact) mass is 562 g/mol. The van der Waals surface area contributed by atoms with E-state index in [0.29, 0.717) is 22.0 Å². The molecule has 0 radical (unpaired) electrons. The van der Waals surface area contributed by atoms with Gasteiger partial charge in [0.15, 0.2) is 11.6 Å². The van der Waals surface area contributed by atoms with Crippen molar-refractivity contribution < 1.29 is 38.2 Å². The lowest BCUT2D eigenvalue weighted by Crippen LogP contribution is -2.31. The van der Waals surface area contributed by atoms with Crippen LogP contribution in [0, 0.1) is 0 Å². The Balaban J connectivity index is 1.15. The SMILES string of the molecule is COC(=O)c1ccc2c(c1)C(=O)C(c1ccc3c(C(=O)OCCCN4C(=O)c5ccccc5C4=O)cccc3n1)C2=O.